The van der Waals surface area contributed by atoms with E-state index >= 15 is 0 Å². The highest BCUT2D eigenvalue weighted by Gasteiger charge is 2.21. The molecule has 0 fully saturated rings. The lowest BCUT2D eigenvalue weighted by atomic mass is 10.1. The molecule has 0 aliphatic heterocycles. The first-order chi connectivity index (χ1) is 17.8. The average Bonchev–Trinajstić information content (AvgIpc) is 2.88. The van der Waals surface area contributed by atoms with E-state index in [0.717, 1.165) is 20.8 Å². The van der Waals surface area contributed by atoms with Gasteiger partial charge < -0.3 is 4.74 Å². The number of nitro benzene ring substituents is 1. The van der Waals surface area contributed by atoms with Gasteiger partial charge in [-0.05, 0) is 63.5 Å². The molecule has 10 heteroatoms. The van der Waals surface area contributed by atoms with Gasteiger partial charge in [0.15, 0.2) is 0 Å². The van der Waals surface area contributed by atoms with Crippen molar-refractivity contribution in [2.75, 3.05) is 0 Å². The molecule has 1 heterocycles. The molecule has 0 atom stereocenters. The van der Waals surface area contributed by atoms with Crippen LogP contribution in [0.25, 0.3) is 21.7 Å². The molecule has 184 valence electrons. The van der Waals surface area contributed by atoms with Gasteiger partial charge in [-0.1, -0.05) is 58.4 Å². The van der Waals surface area contributed by atoms with Crippen LogP contribution < -0.4 is 10.3 Å². The lowest BCUT2D eigenvalue weighted by Crippen LogP contribution is -2.20. The van der Waals surface area contributed by atoms with E-state index in [4.69, 9.17) is 4.74 Å². The fraction of sp³-hybridized carbons (Fsp3) is 0.0741. The van der Waals surface area contributed by atoms with Crippen LogP contribution >= 0.6 is 31.9 Å². The first kappa shape index (κ1) is 24.8. The second-order valence-corrected chi connectivity index (χ2v) is 9.99. The largest absolute Gasteiger partial charge is 0.481 e. The van der Waals surface area contributed by atoms with Crippen LogP contribution in [0.5, 0.6) is 5.75 Å². The Morgan fingerprint density at radius 2 is 1.84 bits per heavy atom. The van der Waals surface area contributed by atoms with Gasteiger partial charge in [-0.25, -0.2) is 4.98 Å². The van der Waals surface area contributed by atoms with Crippen LogP contribution in [0.4, 0.5) is 5.69 Å². The van der Waals surface area contributed by atoms with E-state index in [1.165, 1.54) is 17.0 Å². The lowest BCUT2D eigenvalue weighted by molar-refractivity contribution is -0.386. The second kappa shape index (κ2) is 10.2. The van der Waals surface area contributed by atoms with Crippen molar-refractivity contribution in [3.8, 4) is 5.75 Å². The van der Waals surface area contributed by atoms with E-state index < -0.39 is 4.92 Å². The van der Waals surface area contributed by atoms with E-state index in [1.807, 2.05) is 48.5 Å². The van der Waals surface area contributed by atoms with Crippen molar-refractivity contribution in [2.45, 2.75) is 13.5 Å². The standard InChI is InChI=1S/C27H18Br2N4O4/c1-16-31-24-10-9-20(28)13-22(24)27(34)32(16)30-14-17-11-23(29)26(25(12-17)33(35)36)37-15-19-7-4-6-18-5-2-3-8-21(18)19/h2-14H,15H2,1H3. The summed E-state index contributed by atoms with van der Waals surface area (Å²) in [6.07, 6.45) is 1.38. The Labute approximate surface area is 227 Å². The van der Waals surface area contributed by atoms with Gasteiger partial charge in [-0.2, -0.15) is 9.78 Å². The summed E-state index contributed by atoms with van der Waals surface area (Å²) in [7, 11) is 0. The summed E-state index contributed by atoms with van der Waals surface area (Å²) < 4.78 is 8.25. The number of nitrogens with zero attached hydrogens (tertiary/aromatic N) is 4. The Bertz CT molecular complexity index is 1780. The normalized spacial score (nSPS) is 11.4. The molecule has 0 N–H and O–H groups in total. The SMILES string of the molecule is Cc1nc2ccc(Br)cc2c(=O)n1N=Cc1cc(Br)c(OCc2cccc3ccccc23)c([N+](=O)[O-])c1. The second-order valence-electron chi connectivity index (χ2n) is 8.22. The summed E-state index contributed by atoms with van der Waals surface area (Å²) >= 11 is 6.77. The predicted octanol–water partition coefficient (Wildman–Crippen LogP) is 6.75. The van der Waals surface area contributed by atoms with Crippen LogP contribution in [0.3, 0.4) is 0 Å². The molecule has 0 saturated heterocycles. The zero-order valence-corrected chi connectivity index (χ0v) is 22.6. The smallest absolute Gasteiger partial charge is 0.312 e. The molecule has 0 radical (unpaired) electrons. The molecule has 5 rings (SSSR count). The van der Waals surface area contributed by atoms with Gasteiger partial charge in [0.2, 0.25) is 5.75 Å². The Morgan fingerprint density at radius 3 is 2.65 bits per heavy atom. The quantitative estimate of drug-likeness (QED) is 0.119. The molecule has 0 aliphatic rings. The van der Waals surface area contributed by atoms with Crippen molar-refractivity contribution < 1.29 is 9.66 Å². The number of aryl methyl sites for hydroxylation is 1. The molecule has 0 bridgehead atoms. The third-order valence-electron chi connectivity index (χ3n) is 5.79. The zero-order valence-electron chi connectivity index (χ0n) is 19.4. The fourth-order valence-electron chi connectivity index (χ4n) is 4.04. The summed E-state index contributed by atoms with van der Waals surface area (Å²) in [5, 5.41) is 18.7. The number of nitro groups is 1. The molecular weight excluding hydrogens is 604 g/mol. The molecule has 5 aromatic rings. The van der Waals surface area contributed by atoms with Gasteiger partial charge in [0.1, 0.15) is 12.4 Å². The van der Waals surface area contributed by atoms with Gasteiger partial charge in [0.25, 0.3) is 5.56 Å². The molecule has 0 unspecified atom stereocenters. The fourth-order valence-corrected chi connectivity index (χ4v) is 4.98. The van der Waals surface area contributed by atoms with Gasteiger partial charge >= 0.3 is 5.69 Å². The first-order valence-corrected chi connectivity index (χ1v) is 12.7. The Balaban J connectivity index is 1.48. The van der Waals surface area contributed by atoms with Crippen molar-refractivity contribution in [1.29, 1.82) is 0 Å². The summed E-state index contributed by atoms with van der Waals surface area (Å²) in [6.45, 7) is 1.82. The molecule has 0 aliphatic carbocycles. The number of rotatable bonds is 6. The van der Waals surface area contributed by atoms with Gasteiger partial charge in [0.05, 0.1) is 26.5 Å². The van der Waals surface area contributed by atoms with Gasteiger partial charge in [0, 0.05) is 16.1 Å². The number of benzene rings is 4. The molecule has 0 amide bonds. The third-order valence-corrected chi connectivity index (χ3v) is 6.87. The molecule has 8 nitrogen and oxygen atoms in total. The minimum absolute atomic E-state index is 0.112. The van der Waals surface area contributed by atoms with E-state index in [-0.39, 0.29) is 23.6 Å². The average molecular weight is 622 g/mol. The predicted molar refractivity (Wildman–Crippen MR) is 151 cm³/mol. The van der Waals surface area contributed by atoms with Crippen LogP contribution in [0.1, 0.15) is 17.0 Å². The van der Waals surface area contributed by atoms with Gasteiger partial charge in [-0.15, -0.1) is 0 Å². The van der Waals surface area contributed by atoms with Crippen molar-refractivity contribution in [3.05, 3.63) is 119 Å². The highest BCUT2D eigenvalue weighted by Crippen LogP contribution is 2.37. The minimum atomic E-state index is -0.507. The van der Waals surface area contributed by atoms with Crippen LogP contribution in [0.2, 0.25) is 0 Å². The maximum Gasteiger partial charge on any atom is 0.312 e. The van der Waals surface area contributed by atoms with E-state index in [0.29, 0.717) is 26.8 Å². The molecule has 0 saturated carbocycles. The van der Waals surface area contributed by atoms with Crippen molar-refractivity contribution in [2.24, 2.45) is 5.10 Å². The molecule has 4 aromatic carbocycles. The Kier molecular flexibility index (Phi) is 6.86. The Hall–Kier alpha value is -3.89. The molecule has 0 spiro atoms. The molecule has 37 heavy (non-hydrogen) atoms. The van der Waals surface area contributed by atoms with Gasteiger partial charge in [-0.3, -0.25) is 14.9 Å². The van der Waals surface area contributed by atoms with Crippen molar-refractivity contribution in [1.82, 2.24) is 9.66 Å². The summed E-state index contributed by atoms with van der Waals surface area (Å²) in [5.41, 5.74) is 1.32. The number of halogens is 2. The molecular formula is C27H18Br2N4O4. The third kappa shape index (κ3) is 5.03. The number of hydrogen-bond donors (Lipinski definition) is 0. The summed E-state index contributed by atoms with van der Waals surface area (Å²) in [4.78, 5) is 28.8. The summed E-state index contributed by atoms with van der Waals surface area (Å²) in [6, 6.07) is 22.0. The maximum absolute atomic E-state index is 13.0. The van der Waals surface area contributed by atoms with Crippen LogP contribution in [-0.4, -0.2) is 20.8 Å². The number of ether oxygens (including phenoxy) is 1. The minimum Gasteiger partial charge on any atom is -0.481 e. The Morgan fingerprint density at radius 1 is 1.05 bits per heavy atom. The highest BCUT2D eigenvalue weighted by molar-refractivity contribution is 9.10. The zero-order chi connectivity index (χ0) is 26.1. The van der Waals surface area contributed by atoms with Crippen molar-refractivity contribution in [3.63, 3.8) is 0 Å². The van der Waals surface area contributed by atoms with Crippen LogP contribution in [-0.2, 0) is 6.61 Å². The lowest BCUT2D eigenvalue weighted by Gasteiger charge is -2.11. The number of fused-ring (bicyclic) bond motifs is 2. The van der Waals surface area contributed by atoms with Crippen molar-refractivity contribution >= 4 is 65.4 Å². The van der Waals surface area contributed by atoms with E-state index in [1.54, 1.807) is 25.1 Å². The summed E-state index contributed by atoms with van der Waals surface area (Å²) in [5.74, 6) is 0.500. The van der Waals surface area contributed by atoms with E-state index in [2.05, 4.69) is 41.9 Å². The monoisotopic (exact) mass is 620 g/mol. The van der Waals surface area contributed by atoms with Crippen LogP contribution in [0, 0.1) is 17.0 Å². The highest BCUT2D eigenvalue weighted by atomic mass is 79.9. The maximum atomic E-state index is 13.0. The molecule has 1 aromatic heterocycles. The number of hydrogen-bond acceptors (Lipinski definition) is 6. The van der Waals surface area contributed by atoms with E-state index in [9.17, 15) is 14.9 Å². The van der Waals surface area contributed by atoms with Crippen LogP contribution in [0.15, 0.2) is 91.6 Å². The first-order valence-electron chi connectivity index (χ1n) is 11.1. The number of aromatic nitrogens is 2. The topological polar surface area (TPSA) is 99.6 Å².